The van der Waals surface area contributed by atoms with Gasteiger partial charge in [0, 0.05) is 28.0 Å². The van der Waals surface area contributed by atoms with Crippen LogP contribution in [-0.2, 0) is 0 Å². The van der Waals surface area contributed by atoms with Crippen LogP contribution in [0.4, 0.5) is 0 Å². The molecule has 2 aromatic rings. The van der Waals surface area contributed by atoms with Crippen LogP contribution in [0, 0.1) is 5.41 Å². The summed E-state index contributed by atoms with van der Waals surface area (Å²) in [4.78, 5) is 4.52. The molecule has 3 heteroatoms. The number of benzene rings is 1. The van der Waals surface area contributed by atoms with Gasteiger partial charge in [0.15, 0.2) is 0 Å². The topological polar surface area (TPSA) is 38.9 Å². The van der Waals surface area contributed by atoms with E-state index in [0.29, 0.717) is 5.92 Å². The zero-order valence-electron chi connectivity index (χ0n) is 9.94. The highest BCUT2D eigenvalue weighted by Crippen LogP contribution is 2.58. The fourth-order valence-electron chi connectivity index (χ4n) is 2.68. The molecule has 0 aliphatic heterocycles. The van der Waals surface area contributed by atoms with Crippen molar-refractivity contribution in [3.63, 3.8) is 0 Å². The van der Waals surface area contributed by atoms with Gasteiger partial charge >= 0.3 is 0 Å². The van der Waals surface area contributed by atoms with Gasteiger partial charge in [-0.1, -0.05) is 41.9 Å². The number of halogens is 1. The monoisotopic (exact) mass is 290 g/mol. The summed E-state index contributed by atoms with van der Waals surface area (Å²) in [7, 11) is 0. The lowest BCUT2D eigenvalue weighted by Crippen LogP contribution is -2.06. The molecule has 1 aromatic carbocycles. The third-order valence-corrected chi connectivity index (χ3v) is 4.68. The Bertz CT molecular complexity index is 592. The van der Waals surface area contributed by atoms with Gasteiger partial charge < -0.3 is 5.73 Å². The molecule has 0 radical (unpaired) electrons. The van der Waals surface area contributed by atoms with E-state index >= 15 is 0 Å². The largest absolute Gasteiger partial charge is 0.327 e. The van der Waals surface area contributed by atoms with Crippen molar-refractivity contribution in [3.05, 3.63) is 40.5 Å². The van der Waals surface area contributed by atoms with Crippen molar-refractivity contribution in [2.75, 3.05) is 0 Å². The number of fused-ring (bicyclic) bond motifs is 1. The molecular formula is C14H15BrN2. The summed E-state index contributed by atoms with van der Waals surface area (Å²) in [6.45, 7) is 4.44. The second-order valence-electron chi connectivity index (χ2n) is 5.36. The Morgan fingerprint density at radius 2 is 2.00 bits per heavy atom. The zero-order chi connectivity index (χ0) is 12.2. The van der Waals surface area contributed by atoms with Crippen molar-refractivity contribution in [3.8, 4) is 0 Å². The van der Waals surface area contributed by atoms with Gasteiger partial charge in [0.1, 0.15) is 0 Å². The minimum absolute atomic E-state index is 0.193. The van der Waals surface area contributed by atoms with Crippen molar-refractivity contribution >= 4 is 26.8 Å². The zero-order valence-corrected chi connectivity index (χ0v) is 11.5. The fourth-order valence-corrected chi connectivity index (χ4v) is 3.13. The van der Waals surface area contributed by atoms with Crippen LogP contribution in [0.5, 0.6) is 0 Å². The van der Waals surface area contributed by atoms with Crippen LogP contribution >= 0.6 is 15.9 Å². The van der Waals surface area contributed by atoms with E-state index in [1.807, 2.05) is 12.3 Å². The van der Waals surface area contributed by atoms with Gasteiger partial charge in [-0.3, -0.25) is 4.98 Å². The maximum absolute atomic E-state index is 6.17. The average Bonchev–Trinajstić information content (AvgIpc) is 2.80. The molecule has 2 atom stereocenters. The van der Waals surface area contributed by atoms with E-state index in [9.17, 15) is 0 Å². The molecule has 0 spiro atoms. The smallest absolute Gasteiger partial charge is 0.0748 e. The first-order valence-electron chi connectivity index (χ1n) is 5.82. The fraction of sp³-hybridized carbons (Fsp3) is 0.357. The molecule has 0 saturated heterocycles. The maximum atomic E-state index is 6.17. The van der Waals surface area contributed by atoms with Crippen LogP contribution in [0.15, 0.2) is 34.9 Å². The van der Waals surface area contributed by atoms with Gasteiger partial charge in [-0.15, -0.1) is 0 Å². The second kappa shape index (κ2) is 3.53. The lowest BCUT2D eigenvalue weighted by molar-refractivity contribution is 0.600. The molecule has 88 valence electrons. The molecule has 1 aliphatic carbocycles. The Morgan fingerprint density at radius 3 is 2.65 bits per heavy atom. The lowest BCUT2D eigenvalue weighted by atomic mass is 10.0. The predicted molar refractivity (Wildman–Crippen MR) is 73.9 cm³/mol. The van der Waals surface area contributed by atoms with E-state index in [2.05, 4.69) is 53.0 Å². The normalized spacial score (nSPS) is 26.1. The van der Waals surface area contributed by atoms with Crippen molar-refractivity contribution in [1.29, 1.82) is 0 Å². The van der Waals surface area contributed by atoms with Crippen LogP contribution in [0.1, 0.15) is 25.3 Å². The quantitative estimate of drug-likeness (QED) is 0.874. The summed E-state index contributed by atoms with van der Waals surface area (Å²) in [5.41, 5.74) is 8.71. The van der Waals surface area contributed by atoms with E-state index in [0.717, 1.165) is 9.99 Å². The second-order valence-corrected chi connectivity index (χ2v) is 6.22. The third kappa shape index (κ3) is 1.53. The van der Waals surface area contributed by atoms with Gasteiger partial charge in [-0.2, -0.15) is 0 Å². The first-order valence-corrected chi connectivity index (χ1v) is 6.61. The van der Waals surface area contributed by atoms with Crippen LogP contribution in [0.25, 0.3) is 10.9 Å². The van der Waals surface area contributed by atoms with Crippen molar-refractivity contribution in [2.24, 2.45) is 11.1 Å². The number of pyridine rings is 1. The first kappa shape index (κ1) is 11.2. The number of rotatable bonds is 1. The molecule has 1 heterocycles. The Morgan fingerprint density at radius 1 is 1.29 bits per heavy atom. The molecular weight excluding hydrogens is 276 g/mol. The summed E-state index contributed by atoms with van der Waals surface area (Å²) in [5.74, 6) is 0.424. The Labute approximate surface area is 109 Å². The number of hydrogen-bond donors (Lipinski definition) is 1. The molecule has 2 N–H and O–H groups in total. The van der Waals surface area contributed by atoms with E-state index in [1.54, 1.807) is 0 Å². The van der Waals surface area contributed by atoms with Crippen LogP contribution in [0.3, 0.4) is 0 Å². The number of hydrogen-bond acceptors (Lipinski definition) is 2. The Kier molecular flexibility index (Phi) is 2.32. The Hall–Kier alpha value is -0.930. The predicted octanol–water partition coefficient (Wildman–Crippen LogP) is 3.45. The van der Waals surface area contributed by atoms with E-state index < -0.39 is 0 Å². The molecule has 2 unspecified atom stereocenters. The van der Waals surface area contributed by atoms with E-state index in [1.165, 1.54) is 10.9 Å². The van der Waals surface area contributed by atoms with Crippen molar-refractivity contribution < 1.29 is 0 Å². The average molecular weight is 291 g/mol. The molecule has 17 heavy (non-hydrogen) atoms. The summed E-state index contributed by atoms with van der Waals surface area (Å²) in [6.07, 6.45) is 1.85. The molecule has 1 aliphatic rings. The van der Waals surface area contributed by atoms with E-state index in [-0.39, 0.29) is 11.5 Å². The third-order valence-electron chi connectivity index (χ3n) is 3.99. The SMILES string of the molecule is CC1(C)C(N)C1c1ccc(Br)c2cccnc12. The highest BCUT2D eigenvalue weighted by molar-refractivity contribution is 9.10. The molecule has 1 fully saturated rings. The summed E-state index contributed by atoms with van der Waals surface area (Å²) < 4.78 is 1.09. The van der Waals surface area contributed by atoms with Crippen molar-refractivity contribution in [1.82, 2.24) is 4.98 Å². The Balaban J connectivity index is 2.23. The summed E-state index contributed by atoms with van der Waals surface area (Å²) in [5, 5.41) is 1.17. The van der Waals surface area contributed by atoms with Crippen molar-refractivity contribution in [2.45, 2.75) is 25.8 Å². The molecule has 2 nitrogen and oxygen atoms in total. The highest BCUT2D eigenvalue weighted by atomic mass is 79.9. The minimum atomic E-state index is 0.193. The lowest BCUT2D eigenvalue weighted by Gasteiger charge is -2.08. The molecule has 1 saturated carbocycles. The molecule has 3 rings (SSSR count). The van der Waals surface area contributed by atoms with Gasteiger partial charge in [-0.05, 0) is 23.1 Å². The number of nitrogens with two attached hydrogens (primary N) is 1. The van der Waals surface area contributed by atoms with Gasteiger partial charge in [0.2, 0.25) is 0 Å². The van der Waals surface area contributed by atoms with E-state index in [4.69, 9.17) is 5.73 Å². The van der Waals surface area contributed by atoms with Crippen LogP contribution < -0.4 is 5.73 Å². The van der Waals surface area contributed by atoms with Gasteiger partial charge in [-0.25, -0.2) is 0 Å². The first-order chi connectivity index (χ1) is 8.03. The van der Waals surface area contributed by atoms with Crippen LogP contribution in [0.2, 0.25) is 0 Å². The highest BCUT2D eigenvalue weighted by Gasteiger charge is 2.56. The van der Waals surface area contributed by atoms with Gasteiger partial charge in [0.05, 0.1) is 5.52 Å². The molecule has 1 aromatic heterocycles. The standard InChI is InChI=1S/C14H15BrN2/c1-14(2)11(13(14)16)9-5-6-10(15)8-4-3-7-17-12(8)9/h3-7,11,13H,16H2,1-2H3. The molecule has 0 bridgehead atoms. The maximum Gasteiger partial charge on any atom is 0.0748 e. The van der Waals surface area contributed by atoms with Gasteiger partial charge in [0.25, 0.3) is 0 Å². The summed E-state index contributed by atoms with van der Waals surface area (Å²) >= 11 is 3.57. The number of nitrogens with zero attached hydrogens (tertiary/aromatic N) is 1. The van der Waals surface area contributed by atoms with Crippen LogP contribution in [-0.4, -0.2) is 11.0 Å². The summed E-state index contributed by atoms with van der Waals surface area (Å²) in [6, 6.07) is 8.55. The number of aromatic nitrogens is 1. The minimum Gasteiger partial charge on any atom is -0.327 e. The molecule has 0 amide bonds.